The Morgan fingerprint density at radius 2 is 1.89 bits per heavy atom. The third-order valence-electron chi connectivity index (χ3n) is 2.41. The third-order valence-corrected chi connectivity index (χ3v) is 2.41. The van der Waals surface area contributed by atoms with E-state index in [1.54, 1.807) is 36.8 Å². The number of carbonyl (C=O) groups is 1. The molecular formula is C13H14N4O. The van der Waals surface area contributed by atoms with E-state index in [0.29, 0.717) is 11.3 Å². The second-order valence-electron chi connectivity index (χ2n) is 3.99. The number of rotatable bonds is 3. The van der Waals surface area contributed by atoms with Crippen molar-refractivity contribution >= 4 is 17.4 Å². The topological polar surface area (TPSA) is 58.1 Å². The van der Waals surface area contributed by atoms with Crippen LogP contribution in [-0.4, -0.2) is 30.0 Å². The van der Waals surface area contributed by atoms with Crippen LogP contribution in [0.4, 0.5) is 11.5 Å². The summed E-state index contributed by atoms with van der Waals surface area (Å²) in [5.74, 6) is 0.634. The number of carbonyl (C=O) groups excluding carboxylic acids is 1. The SMILES string of the molecule is CN(C)c1ccc(C(=O)Nc2ccncc2)cn1. The number of hydrogen-bond donors (Lipinski definition) is 1. The third kappa shape index (κ3) is 2.82. The summed E-state index contributed by atoms with van der Waals surface area (Å²) in [6.07, 6.45) is 4.82. The van der Waals surface area contributed by atoms with Crippen molar-refractivity contribution in [3.8, 4) is 0 Å². The standard InChI is InChI=1S/C13H14N4O/c1-17(2)12-4-3-10(9-15-12)13(18)16-11-5-7-14-8-6-11/h3-9H,1-2H3,(H,14,16,18). The molecule has 0 atom stereocenters. The molecule has 0 aromatic carbocycles. The van der Waals surface area contributed by atoms with Crippen molar-refractivity contribution in [2.75, 3.05) is 24.3 Å². The molecule has 0 radical (unpaired) electrons. The summed E-state index contributed by atoms with van der Waals surface area (Å²) in [6, 6.07) is 7.03. The van der Waals surface area contributed by atoms with Crippen molar-refractivity contribution < 1.29 is 4.79 Å². The summed E-state index contributed by atoms with van der Waals surface area (Å²) in [5, 5.41) is 2.77. The lowest BCUT2D eigenvalue weighted by molar-refractivity contribution is 0.102. The van der Waals surface area contributed by atoms with E-state index in [9.17, 15) is 4.79 Å². The molecule has 0 unspecified atom stereocenters. The van der Waals surface area contributed by atoms with Crippen LogP contribution in [0.1, 0.15) is 10.4 Å². The smallest absolute Gasteiger partial charge is 0.257 e. The van der Waals surface area contributed by atoms with Crippen LogP contribution >= 0.6 is 0 Å². The molecular weight excluding hydrogens is 228 g/mol. The molecule has 5 nitrogen and oxygen atoms in total. The Kier molecular flexibility index (Phi) is 3.52. The summed E-state index contributed by atoms with van der Waals surface area (Å²) in [6.45, 7) is 0. The average Bonchev–Trinajstić information content (AvgIpc) is 2.40. The van der Waals surface area contributed by atoms with Crippen molar-refractivity contribution in [3.63, 3.8) is 0 Å². The summed E-state index contributed by atoms with van der Waals surface area (Å²) in [7, 11) is 3.80. The van der Waals surface area contributed by atoms with E-state index in [1.807, 2.05) is 25.1 Å². The van der Waals surface area contributed by atoms with Gasteiger partial charge >= 0.3 is 0 Å². The fourth-order valence-corrected chi connectivity index (χ4v) is 1.42. The van der Waals surface area contributed by atoms with Crippen LogP contribution < -0.4 is 10.2 Å². The van der Waals surface area contributed by atoms with Gasteiger partial charge in [0.25, 0.3) is 5.91 Å². The molecule has 0 aliphatic rings. The van der Waals surface area contributed by atoms with Gasteiger partial charge in [0.05, 0.1) is 5.56 Å². The van der Waals surface area contributed by atoms with Crippen molar-refractivity contribution in [1.82, 2.24) is 9.97 Å². The Hall–Kier alpha value is -2.43. The minimum Gasteiger partial charge on any atom is -0.363 e. The highest BCUT2D eigenvalue weighted by Gasteiger charge is 2.06. The lowest BCUT2D eigenvalue weighted by Crippen LogP contribution is -2.14. The maximum absolute atomic E-state index is 11.9. The van der Waals surface area contributed by atoms with Gasteiger partial charge in [-0.1, -0.05) is 0 Å². The summed E-state index contributed by atoms with van der Waals surface area (Å²) in [5.41, 5.74) is 1.24. The van der Waals surface area contributed by atoms with Crippen LogP contribution in [-0.2, 0) is 0 Å². The first-order chi connectivity index (χ1) is 8.66. The van der Waals surface area contributed by atoms with E-state index in [1.165, 1.54) is 0 Å². The van der Waals surface area contributed by atoms with Gasteiger partial charge in [0.15, 0.2) is 0 Å². The van der Waals surface area contributed by atoms with Crippen LogP contribution in [0.15, 0.2) is 42.9 Å². The molecule has 2 rings (SSSR count). The Morgan fingerprint density at radius 3 is 2.44 bits per heavy atom. The van der Waals surface area contributed by atoms with Gasteiger partial charge in [-0.2, -0.15) is 0 Å². The highest BCUT2D eigenvalue weighted by molar-refractivity contribution is 6.04. The number of nitrogens with zero attached hydrogens (tertiary/aromatic N) is 3. The zero-order valence-corrected chi connectivity index (χ0v) is 10.3. The van der Waals surface area contributed by atoms with Crippen LogP contribution in [0.5, 0.6) is 0 Å². The Bertz CT molecular complexity index is 522. The Morgan fingerprint density at radius 1 is 1.17 bits per heavy atom. The molecule has 92 valence electrons. The Balaban J connectivity index is 2.10. The predicted molar refractivity (Wildman–Crippen MR) is 70.8 cm³/mol. The van der Waals surface area contributed by atoms with E-state index in [-0.39, 0.29) is 5.91 Å². The summed E-state index contributed by atoms with van der Waals surface area (Å²) in [4.78, 5) is 21.9. The monoisotopic (exact) mass is 242 g/mol. The van der Waals surface area contributed by atoms with Gasteiger partial charge in [-0.05, 0) is 24.3 Å². The van der Waals surface area contributed by atoms with E-state index in [4.69, 9.17) is 0 Å². The van der Waals surface area contributed by atoms with Crippen molar-refractivity contribution in [1.29, 1.82) is 0 Å². The first-order valence-corrected chi connectivity index (χ1v) is 5.51. The minimum absolute atomic E-state index is 0.181. The molecule has 0 spiro atoms. The second kappa shape index (κ2) is 5.27. The van der Waals surface area contributed by atoms with Gasteiger partial charge in [-0.15, -0.1) is 0 Å². The fourth-order valence-electron chi connectivity index (χ4n) is 1.42. The number of nitrogens with one attached hydrogen (secondary N) is 1. The molecule has 0 aliphatic heterocycles. The number of anilines is 2. The predicted octanol–water partition coefficient (Wildman–Crippen LogP) is 1.79. The molecule has 1 amide bonds. The normalized spacial score (nSPS) is 9.89. The number of aromatic nitrogens is 2. The fraction of sp³-hybridized carbons (Fsp3) is 0.154. The van der Waals surface area contributed by atoms with Crippen molar-refractivity contribution in [2.45, 2.75) is 0 Å². The molecule has 0 bridgehead atoms. The van der Waals surface area contributed by atoms with Gasteiger partial charge in [0.1, 0.15) is 5.82 Å². The maximum Gasteiger partial charge on any atom is 0.257 e. The lowest BCUT2D eigenvalue weighted by Gasteiger charge is -2.11. The van der Waals surface area contributed by atoms with Gasteiger partial charge in [0.2, 0.25) is 0 Å². The van der Waals surface area contributed by atoms with Crippen LogP contribution in [0.3, 0.4) is 0 Å². The molecule has 1 N–H and O–H groups in total. The zero-order chi connectivity index (χ0) is 13.0. The first kappa shape index (κ1) is 12.0. The molecule has 2 heterocycles. The summed E-state index contributed by atoms with van der Waals surface area (Å²) < 4.78 is 0. The first-order valence-electron chi connectivity index (χ1n) is 5.51. The van der Waals surface area contributed by atoms with E-state index in [2.05, 4.69) is 15.3 Å². The molecule has 5 heteroatoms. The molecule has 0 aliphatic carbocycles. The van der Waals surface area contributed by atoms with Gasteiger partial charge in [-0.3, -0.25) is 9.78 Å². The van der Waals surface area contributed by atoms with Crippen LogP contribution in [0.25, 0.3) is 0 Å². The summed E-state index contributed by atoms with van der Waals surface area (Å²) >= 11 is 0. The quantitative estimate of drug-likeness (QED) is 0.891. The molecule has 0 saturated carbocycles. The number of pyridine rings is 2. The maximum atomic E-state index is 11.9. The largest absolute Gasteiger partial charge is 0.363 e. The lowest BCUT2D eigenvalue weighted by atomic mass is 10.2. The van der Waals surface area contributed by atoms with Crippen LogP contribution in [0.2, 0.25) is 0 Å². The van der Waals surface area contributed by atoms with Crippen molar-refractivity contribution in [3.05, 3.63) is 48.4 Å². The Labute approximate surface area is 105 Å². The zero-order valence-electron chi connectivity index (χ0n) is 10.3. The molecule has 0 fully saturated rings. The molecule has 0 saturated heterocycles. The van der Waals surface area contributed by atoms with E-state index in [0.717, 1.165) is 5.82 Å². The molecule has 2 aromatic rings. The van der Waals surface area contributed by atoms with Gasteiger partial charge in [-0.25, -0.2) is 4.98 Å². The van der Waals surface area contributed by atoms with E-state index < -0.39 is 0 Å². The minimum atomic E-state index is -0.181. The van der Waals surface area contributed by atoms with Gasteiger partial charge in [0, 0.05) is 38.4 Å². The van der Waals surface area contributed by atoms with Gasteiger partial charge < -0.3 is 10.2 Å². The molecule has 18 heavy (non-hydrogen) atoms. The number of hydrogen-bond acceptors (Lipinski definition) is 4. The molecule has 2 aromatic heterocycles. The highest BCUT2D eigenvalue weighted by Crippen LogP contribution is 2.10. The van der Waals surface area contributed by atoms with Crippen molar-refractivity contribution in [2.24, 2.45) is 0 Å². The average molecular weight is 242 g/mol. The highest BCUT2D eigenvalue weighted by atomic mass is 16.1. The van der Waals surface area contributed by atoms with Crippen LogP contribution in [0, 0.1) is 0 Å². The van der Waals surface area contributed by atoms with E-state index >= 15 is 0 Å². The second-order valence-corrected chi connectivity index (χ2v) is 3.99. The number of amides is 1.